The van der Waals surface area contributed by atoms with Crippen LogP contribution in [0.1, 0.15) is 25.0 Å². The first-order chi connectivity index (χ1) is 8.08. The van der Waals surface area contributed by atoms with Gasteiger partial charge in [0.1, 0.15) is 0 Å². The van der Waals surface area contributed by atoms with Crippen LogP contribution in [0.25, 0.3) is 0 Å². The minimum absolute atomic E-state index is 0.821. The van der Waals surface area contributed by atoms with Crippen molar-refractivity contribution in [1.29, 1.82) is 0 Å². The summed E-state index contributed by atoms with van der Waals surface area (Å²) < 4.78 is 0. The second-order valence-electron chi connectivity index (χ2n) is 4.39. The molecule has 0 amide bonds. The first-order valence-electron chi connectivity index (χ1n) is 6.31. The number of rotatable bonds is 6. The maximum absolute atomic E-state index is 6.24. The second kappa shape index (κ2) is 6.87. The fourth-order valence-corrected chi connectivity index (χ4v) is 2.41. The van der Waals surface area contributed by atoms with Crippen LogP contribution < -0.4 is 5.32 Å². The van der Waals surface area contributed by atoms with Crippen molar-refractivity contribution in [2.45, 2.75) is 27.7 Å². The summed E-state index contributed by atoms with van der Waals surface area (Å²) in [7, 11) is 0. The van der Waals surface area contributed by atoms with Gasteiger partial charge in [0.15, 0.2) is 0 Å². The quantitative estimate of drug-likeness (QED) is 0.833. The summed E-state index contributed by atoms with van der Waals surface area (Å²) in [5.41, 5.74) is 3.50. The van der Waals surface area contributed by atoms with Gasteiger partial charge in [-0.05, 0) is 44.1 Å². The van der Waals surface area contributed by atoms with E-state index in [0.717, 1.165) is 36.9 Å². The predicted molar refractivity (Wildman–Crippen MR) is 77.2 cm³/mol. The summed E-state index contributed by atoms with van der Waals surface area (Å²) >= 11 is 6.24. The molecular formula is C14H23ClN2. The van der Waals surface area contributed by atoms with Gasteiger partial charge in [-0.15, -0.1) is 0 Å². The second-order valence-corrected chi connectivity index (χ2v) is 4.80. The summed E-state index contributed by atoms with van der Waals surface area (Å²) in [5.74, 6) is 0. The van der Waals surface area contributed by atoms with Gasteiger partial charge < -0.3 is 10.2 Å². The third kappa shape index (κ3) is 4.21. The molecule has 1 aromatic rings. The monoisotopic (exact) mass is 254 g/mol. The van der Waals surface area contributed by atoms with Crippen LogP contribution in [0.4, 0.5) is 5.69 Å². The highest BCUT2D eigenvalue weighted by atomic mass is 35.5. The molecule has 17 heavy (non-hydrogen) atoms. The number of halogens is 1. The smallest absolute Gasteiger partial charge is 0.0642 e. The minimum atomic E-state index is 0.821. The van der Waals surface area contributed by atoms with Crippen molar-refractivity contribution >= 4 is 17.3 Å². The van der Waals surface area contributed by atoms with E-state index in [0.29, 0.717) is 0 Å². The molecule has 3 heteroatoms. The standard InChI is InChI=1S/C14H23ClN2/c1-5-17(6-2)8-7-16-14-12(4)9-11(3)10-13(14)15/h9-10,16H,5-8H2,1-4H3. The van der Waals surface area contributed by atoms with Gasteiger partial charge in [-0.3, -0.25) is 0 Å². The summed E-state index contributed by atoms with van der Waals surface area (Å²) in [6.07, 6.45) is 0. The zero-order chi connectivity index (χ0) is 12.8. The van der Waals surface area contributed by atoms with Gasteiger partial charge in [0.05, 0.1) is 10.7 Å². The van der Waals surface area contributed by atoms with Crippen LogP contribution in [0, 0.1) is 13.8 Å². The van der Waals surface area contributed by atoms with Crippen molar-refractivity contribution in [1.82, 2.24) is 4.90 Å². The molecule has 1 aromatic carbocycles. The number of hydrogen-bond acceptors (Lipinski definition) is 2. The van der Waals surface area contributed by atoms with Crippen LogP contribution in [0.15, 0.2) is 12.1 Å². The maximum Gasteiger partial charge on any atom is 0.0642 e. The van der Waals surface area contributed by atoms with Crippen LogP contribution in [0.2, 0.25) is 5.02 Å². The van der Waals surface area contributed by atoms with Crippen LogP contribution in [0.3, 0.4) is 0 Å². The third-order valence-corrected chi connectivity index (χ3v) is 3.35. The molecular weight excluding hydrogens is 232 g/mol. The number of likely N-dealkylation sites (N-methyl/N-ethyl adjacent to an activating group) is 1. The SMILES string of the molecule is CCN(CC)CCNc1c(C)cc(C)cc1Cl. The lowest BCUT2D eigenvalue weighted by Gasteiger charge is -2.19. The lowest BCUT2D eigenvalue weighted by atomic mass is 10.1. The molecule has 0 saturated carbocycles. The normalized spacial score (nSPS) is 10.9. The van der Waals surface area contributed by atoms with Crippen molar-refractivity contribution in [2.24, 2.45) is 0 Å². The highest BCUT2D eigenvalue weighted by Crippen LogP contribution is 2.26. The Morgan fingerprint density at radius 3 is 2.35 bits per heavy atom. The van der Waals surface area contributed by atoms with E-state index in [-0.39, 0.29) is 0 Å². The van der Waals surface area contributed by atoms with E-state index in [1.807, 2.05) is 6.07 Å². The van der Waals surface area contributed by atoms with Gasteiger partial charge in [0, 0.05) is 13.1 Å². The summed E-state index contributed by atoms with van der Waals surface area (Å²) in [5, 5.41) is 4.26. The van der Waals surface area contributed by atoms with E-state index in [9.17, 15) is 0 Å². The molecule has 0 unspecified atom stereocenters. The molecule has 0 aliphatic heterocycles. The molecule has 0 bridgehead atoms. The Bertz CT molecular complexity index is 336. The Kier molecular flexibility index (Phi) is 5.79. The molecule has 0 fully saturated rings. The molecule has 2 nitrogen and oxygen atoms in total. The van der Waals surface area contributed by atoms with Gasteiger partial charge in [-0.2, -0.15) is 0 Å². The minimum Gasteiger partial charge on any atom is -0.382 e. The fourth-order valence-electron chi connectivity index (χ4n) is 2.02. The molecule has 0 spiro atoms. The molecule has 0 radical (unpaired) electrons. The molecule has 0 heterocycles. The van der Waals surface area contributed by atoms with Crippen LogP contribution >= 0.6 is 11.6 Å². The van der Waals surface area contributed by atoms with E-state index < -0.39 is 0 Å². The Hall–Kier alpha value is -0.730. The number of benzene rings is 1. The number of aryl methyl sites for hydroxylation is 2. The molecule has 0 aliphatic rings. The average Bonchev–Trinajstić information content (AvgIpc) is 2.27. The Labute approximate surface area is 110 Å². The van der Waals surface area contributed by atoms with Crippen molar-refractivity contribution in [3.05, 3.63) is 28.3 Å². The van der Waals surface area contributed by atoms with Crippen LogP contribution in [0.5, 0.6) is 0 Å². The van der Waals surface area contributed by atoms with Gasteiger partial charge in [0.25, 0.3) is 0 Å². The van der Waals surface area contributed by atoms with E-state index in [4.69, 9.17) is 11.6 Å². The highest BCUT2D eigenvalue weighted by Gasteiger charge is 2.05. The Morgan fingerprint density at radius 1 is 1.18 bits per heavy atom. The van der Waals surface area contributed by atoms with E-state index in [1.54, 1.807) is 0 Å². The maximum atomic E-state index is 6.24. The lowest BCUT2D eigenvalue weighted by molar-refractivity contribution is 0.316. The summed E-state index contributed by atoms with van der Waals surface area (Å²) in [6.45, 7) is 12.7. The van der Waals surface area contributed by atoms with Gasteiger partial charge in [0.2, 0.25) is 0 Å². The van der Waals surface area contributed by atoms with Crippen molar-refractivity contribution < 1.29 is 0 Å². The molecule has 0 atom stereocenters. The predicted octanol–water partition coefficient (Wildman–Crippen LogP) is 3.71. The number of hydrogen-bond donors (Lipinski definition) is 1. The summed E-state index contributed by atoms with van der Waals surface area (Å²) in [4.78, 5) is 2.39. The topological polar surface area (TPSA) is 15.3 Å². The first-order valence-corrected chi connectivity index (χ1v) is 6.69. The molecule has 0 saturated heterocycles. The van der Waals surface area contributed by atoms with Crippen molar-refractivity contribution in [3.63, 3.8) is 0 Å². The number of nitrogens with zero attached hydrogens (tertiary/aromatic N) is 1. The van der Waals surface area contributed by atoms with Crippen molar-refractivity contribution in [2.75, 3.05) is 31.5 Å². The van der Waals surface area contributed by atoms with Gasteiger partial charge in [-0.25, -0.2) is 0 Å². The fraction of sp³-hybridized carbons (Fsp3) is 0.571. The zero-order valence-electron chi connectivity index (χ0n) is 11.3. The Balaban J connectivity index is 2.58. The van der Waals surface area contributed by atoms with E-state index >= 15 is 0 Å². The largest absolute Gasteiger partial charge is 0.382 e. The van der Waals surface area contributed by atoms with Gasteiger partial charge >= 0.3 is 0 Å². The zero-order valence-corrected chi connectivity index (χ0v) is 12.1. The molecule has 1 rings (SSSR count). The average molecular weight is 255 g/mol. The Morgan fingerprint density at radius 2 is 1.82 bits per heavy atom. The lowest BCUT2D eigenvalue weighted by Crippen LogP contribution is -2.28. The molecule has 0 aromatic heterocycles. The number of anilines is 1. The highest BCUT2D eigenvalue weighted by molar-refractivity contribution is 6.33. The van der Waals surface area contributed by atoms with Crippen LogP contribution in [-0.2, 0) is 0 Å². The molecule has 96 valence electrons. The van der Waals surface area contributed by atoms with Gasteiger partial charge in [-0.1, -0.05) is 31.5 Å². The van der Waals surface area contributed by atoms with Crippen molar-refractivity contribution in [3.8, 4) is 0 Å². The molecule has 1 N–H and O–H groups in total. The first kappa shape index (κ1) is 14.3. The van der Waals surface area contributed by atoms with E-state index in [1.165, 1.54) is 11.1 Å². The van der Waals surface area contributed by atoms with E-state index in [2.05, 4.69) is 44.0 Å². The number of nitrogens with one attached hydrogen (secondary N) is 1. The van der Waals surface area contributed by atoms with Crippen LogP contribution in [-0.4, -0.2) is 31.1 Å². The third-order valence-electron chi connectivity index (χ3n) is 3.06. The molecule has 0 aliphatic carbocycles. The summed E-state index contributed by atoms with van der Waals surface area (Å²) in [6, 6.07) is 4.17.